The van der Waals surface area contributed by atoms with E-state index in [-0.39, 0.29) is 137 Å². The minimum absolute atomic E-state index is 0.0108. The van der Waals surface area contributed by atoms with Gasteiger partial charge in [0.2, 0.25) is 28.1 Å². The summed E-state index contributed by atoms with van der Waals surface area (Å²) in [6.07, 6.45) is 14.0. The lowest BCUT2D eigenvalue weighted by Crippen LogP contribution is -2.44. The van der Waals surface area contributed by atoms with Crippen molar-refractivity contribution < 1.29 is 128 Å². The number of amides is 1. The molecule has 3 saturated heterocycles. The summed E-state index contributed by atoms with van der Waals surface area (Å²) >= 11 is 0. The van der Waals surface area contributed by atoms with Crippen molar-refractivity contribution >= 4 is 87.6 Å². The minimum atomic E-state index is -3.41. The number of carbonyl (C=O) groups excluding carboxylic acids is 11. The molecule has 0 aromatic carbocycles. The van der Waals surface area contributed by atoms with Crippen LogP contribution in [-0.4, -0.2) is 164 Å². The largest absolute Gasteiger partial charge is 0.481 e. The van der Waals surface area contributed by atoms with Crippen molar-refractivity contribution in [2.75, 3.05) is 26.6 Å². The van der Waals surface area contributed by atoms with Gasteiger partial charge in [0.15, 0.2) is 0 Å². The first-order chi connectivity index (χ1) is 64.6. The number of rotatable bonds is 14. The van der Waals surface area contributed by atoms with E-state index in [1.165, 1.54) is 26.4 Å². The second-order valence-electron chi connectivity index (χ2n) is 52.2. The Bertz CT molecular complexity index is 4780. The van der Waals surface area contributed by atoms with Gasteiger partial charge in [-0.2, -0.15) is 0 Å². The van der Waals surface area contributed by atoms with Crippen molar-refractivity contribution in [2.45, 2.75) is 311 Å². The lowest BCUT2D eigenvalue weighted by atomic mass is 9.62. The van der Waals surface area contributed by atoms with Crippen LogP contribution in [-0.2, 0) is 120 Å². The molecule has 139 heavy (non-hydrogen) atoms. The molecule has 3 aliphatic heterocycles. The molecule has 0 aromatic rings. The SMILES string of the molecule is CC1C(C)C2CC1C(C(=O)O)C2C(=O)OC(C)(C)C.CC1C(C)C2CC1C(C(=O)OC1CCOC1=O)C2C(=O)OC(C)(C)C.CC1C(C)C2CC1C1C3CC(C(=O)OC(C)(C)C)C(C3)C21.CC1C2CC(C(=O)NS(C)(=O)=O)C(C2)C1C.CC1C2CC(C(=O)OC3C(=O)OCC3(C)C)C(C2)C1C.CC1C2CC(C(=O)OC3C4CC5C(=O)OC3C5C4)C(C2)C1C.COC(=O)C1C2CC(C(C)C2C)C1C(=O)O. The number of nitrogens with one attached hydrogen (secondary N) is 1. The van der Waals surface area contributed by atoms with Crippen LogP contribution in [0.5, 0.6) is 0 Å². The summed E-state index contributed by atoms with van der Waals surface area (Å²) in [6, 6.07) is 0. The fourth-order valence-electron chi connectivity index (χ4n) is 33.9. The maximum Gasteiger partial charge on any atom is 0.348 e. The third-order valence-corrected chi connectivity index (χ3v) is 42.4. The van der Waals surface area contributed by atoms with E-state index in [1.54, 1.807) is 0 Å². The Kier molecular flexibility index (Phi) is 30.2. The zero-order valence-corrected chi connectivity index (χ0v) is 88.6. The Hall–Kier alpha value is -6.94. The first-order valence-electron chi connectivity index (χ1n) is 53.5. The fourth-order valence-corrected chi connectivity index (χ4v) is 34.4. The van der Waals surface area contributed by atoms with Crippen molar-refractivity contribution in [3.05, 3.63) is 0 Å². The molecule has 0 spiro atoms. The van der Waals surface area contributed by atoms with Gasteiger partial charge in [0, 0.05) is 29.6 Å². The number of sulfonamides is 1. The van der Waals surface area contributed by atoms with Crippen molar-refractivity contribution in [1.82, 2.24) is 4.72 Å². The van der Waals surface area contributed by atoms with E-state index in [0.717, 1.165) is 124 Å². The molecule has 21 fully saturated rings. The third kappa shape index (κ3) is 20.2. The summed E-state index contributed by atoms with van der Waals surface area (Å²) in [7, 11) is -2.07. The minimum Gasteiger partial charge on any atom is -0.481 e. The van der Waals surface area contributed by atoms with E-state index in [2.05, 4.69) is 102 Å². The van der Waals surface area contributed by atoms with E-state index in [9.17, 15) is 81.0 Å². The molecule has 18 aliphatic carbocycles. The van der Waals surface area contributed by atoms with Crippen LogP contribution in [0.25, 0.3) is 0 Å². The molecular weight excluding hydrogens is 1800 g/mol. The van der Waals surface area contributed by atoms with Crippen LogP contribution < -0.4 is 4.72 Å². The van der Waals surface area contributed by atoms with Crippen LogP contribution in [0, 0.1) is 272 Å². The van der Waals surface area contributed by atoms with Crippen LogP contribution in [0.2, 0.25) is 0 Å². The van der Waals surface area contributed by atoms with Crippen molar-refractivity contribution in [2.24, 2.45) is 272 Å². The number of hydrogen-bond acceptors (Lipinski definition) is 25. The molecule has 29 heteroatoms. The van der Waals surface area contributed by atoms with Gasteiger partial charge in [-0.1, -0.05) is 111 Å². The number of carboxylic acids is 2. The normalized spacial score (nSPS) is 46.8. The van der Waals surface area contributed by atoms with Crippen LogP contribution in [0.1, 0.15) is 269 Å². The molecule has 18 bridgehead atoms. The van der Waals surface area contributed by atoms with E-state index in [4.69, 9.17) is 47.4 Å². The Morgan fingerprint density at radius 1 is 0.360 bits per heavy atom. The van der Waals surface area contributed by atoms with Crippen LogP contribution in [0.3, 0.4) is 0 Å². The number of hydrogen-bond donors (Lipinski definition) is 3. The predicted molar refractivity (Wildman–Crippen MR) is 509 cm³/mol. The number of methoxy groups -OCH3 is 1. The van der Waals surface area contributed by atoms with Crippen LogP contribution in [0.4, 0.5) is 0 Å². The maximum absolute atomic E-state index is 12.8. The molecule has 1 amide bonds. The van der Waals surface area contributed by atoms with Gasteiger partial charge < -0.3 is 57.6 Å². The maximum atomic E-state index is 12.8. The smallest absolute Gasteiger partial charge is 0.348 e. The number of carbonyl (C=O) groups is 13. The Morgan fingerprint density at radius 3 is 1.12 bits per heavy atom. The van der Waals surface area contributed by atoms with Gasteiger partial charge in [-0.15, -0.1) is 0 Å². The molecular formula is C110H167NO27S. The molecule has 0 aromatic heterocycles. The molecule has 3 N–H and O–H groups in total. The lowest BCUT2D eigenvalue weighted by molar-refractivity contribution is -0.176. The molecule has 21 aliphatic rings. The van der Waals surface area contributed by atoms with Crippen molar-refractivity contribution in [3.8, 4) is 0 Å². The third-order valence-electron chi connectivity index (χ3n) is 41.8. The van der Waals surface area contributed by atoms with E-state index >= 15 is 0 Å². The Balaban J connectivity index is 0.000000123. The van der Waals surface area contributed by atoms with E-state index < -0.39 is 104 Å². The lowest BCUT2D eigenvalue weighted by Gasteiger charge is -2.43. The molecule has 49 atom stereocenters. The summed E-state index contributed by atoms with van der Waals surface area (Å²) < 4.78 is 77.9. The second kappa shape index (κ2) is 39.4. The van der Waals surface area contributed by atoms with Crippen molar-refractivity contribution in [1.29, 1.82) is 0 Å². The predicted octanol–water partition coefficient (Wildman–Crippen LogP) is 16.3. The van der Waals surface area contributed by atoms with Gasteiger partial charge in [0.25, 0.3) is 0 Å². The highest BCUT2D eigenvalue weighted by Crippen LogP contribution is 2.72. The summed E-state index contributed by atoms with van der Waals surface area (Å²) in [5, 5.41) is 18.7. The van der Waals surface area contributed by atoms with Crippen LogP contribution >= 0.6 is 0 Å². The number of ether oxygens (including phenoxy) is 10. The topological polar surface area (TPSA) is 401 Å². The monoisotopic (exact) mass is 1970 g/mol. The highest BCUT2D eigenvalue weighted by molar-refractivity contribution is 7.89. The number of aliphatic carboxylic acids is 2. The van der Waals surface area contributed by atoms with Gasteiger partial charge in [-0.3, -0.25) is 57.5 Å². The van der Waals surface area contributed by atoms with Gasteiger partial charge in [0.1, 0.15) is 35.6 Å². The molecule has 3 heterocycles. The average Bonchev–Trinajstić information content (AvgIpc) is 1.53. The number of cyclic esters (lactones) is 2. The quantitative estimate of drug-likeness (QED) is 0.0826. The average molecular weight is 1970 g/mol. The Labute approximate surface area is 825 Å². The highest BCUT2D eigenvalue weighted by atomic mass is 32.2. The molecule has 0 radical (unpaired) electrons. The van der Waals surface area contributed by atoms with Gasteiger partial charge in [0.05, 0.1) is 79.2 Å². The first-order valence-corrected chi connectivity index (χ1v) is 55.4. The summed E-state index contributed by atoms with van der Waals surface area (Å²) in [6.45, 7) is 52.5. The van der Waals surface area contributed by atoms with Gasteiger partial charge >= 0.3 is 71.6 Å². The summed E-state index contributed by atoms with van der Waals surface area (Å²) in [5.41, 5.74) is -1.91. The first kappa shape index (κ1) is 106. The molecule has 49 unspecified atom stereocenters. The van der Waals surface area contributed by atoms with E-state index in [1.807, 2.05) is 76.2 Å². The van der Waals surface area contributed by atoms with Gasteiger partial charge in [-0.25, -0.2) is 18.0 Å². The standard InChI is InChI=1S/C19H28O6.C19H30O2.C18H24O4.C16H24O4.C15H24O4.C12H18O4.C11H19NO3S/c1-9-10(2)12-8-11(9)14(15(12)18(22)25-19(3,4)5)17(21)24-13-6-7-23-16(13)20;1-9-10(2)13-8-12(9)16-11-6-14(17(13)16)15(7-11)18(20)21-19(3,4)5;1-7-8(2)11-3-9(7)4-13(11)17(19)21-15-10-5-12-14(6-10)18(20)22-16(12)15;1-8-9(2)11-5-10(8)6-12(11)14(17)20-13-15(18)19-7-16(13,3)4;1-7-8(2)10-6-9(7)11(13(16)17)12(10)14(18)19-15(3,4)5;1-5-6(2)8-4-7(5)9(11(13)14)10(8)12(15)16-3;1-6-7(2)9-4-8(6)5-10(9)11(13)12-16(3,14)15/h9-15H,6-8H2,1-5H3;9-17H,6-8H2,1-5H3;7-16H,3-6H2,1-2H3;8-13H,5-7H2,1-4H3;7-12H,6H2,1-5H3,(H,16,17);5-10H,4H2,1-3H3,(H,13,14);6-10H,4-5H2,1-3H3,(H,12,13). The second-order valence-corrected chi connectivity index (χ2v) is 54.0. The Morgan fingerprint density at radius 2 is 0.719 bits per heavy atom. The number of esters is 10. The molecule has 780 valence electrons. The zero-order valence-electron chi connectivity index (χ0n) is 87.8. The van der Waals surface area contributed by atoms with E-state index in [0.29, 0.717) is 131 Å². The number of fused-ring (bicyclic) bond motifs is 22. The molecule has 18 saturated carbocycles. The molecule has 21 rings (SSSR count). The molecule has 28 nitrogen and oxygen atoms in total. The summed E-state index contributed by atoms with van der Waals surface area (Å²) in [5.74, 6) is 10.6. The summed E-state index contributed by atoms with van der Waals surface area (Å²) in [4.78, 5) is 157. The number of carboxylic acid groups (broad SMARTS) is 2. The zero-order chi connectivity index (χ0) is 102. The van der Waals surface area contributed by atoms with Gasteiger partial charge in [-0.05, 0) is 342 Å². The van der Waals surface area contributed by atoms with Crippen LogP contribution in [0.15, 0.2) is 0 Å². The van der Waals surface area contributed by atoms with Crippen molar-refractivity contribution in [3.63, 3.8) is 0 Å². The fraction of sp³-hybridized carbons (Fsp3) is 0.882. The highest BCUT2D eigenvalue weighted by Gasteiger charge is 2.70.